The van der Waals surface area contributed by atoms with Crippen molar-refractivity contribution in [2.24, 2.45) is 0 Å². The number of allylic oxidation sites excluding steroid dienone is 1. The first-order valence-corrected chi connectivity index (χ1v) is 7.57. The largest absolute Gasteiger partial charge is 0.506 e. The SMILES string of the molecule is CCn1c(/C(C#N)=C\c2ccc(O)c(Cl)c2)nc2ccccc21. The second kappa shape index (κ2) is 6.15. The molecule has 0 amide bonds. The van der Waals surface area contributed by atoms with E-state index in [9.17, 15) is 10.4 Å². The van der Waals surface area contributed by atoms with Crippen LogP contribution in [0.15, 0.2) is 42.5 Å². The van der Waals surface area contributed by atoms with Gasteiger partial charge in [0.2, 0.25) is 0 Å². The van der Waals surface area contributed by atoms with Crippen molar-refractivity contribution < 1.29 is 5.11 Å². The fourth-order valence-electron chi connectivity index (χ4n) is 2.53. The van der Waals surface area contributed by atoms with Crippen LogP contribution in [0.2, 0.25) is 5.02 Å². The van der Waals surface area contributed by atoms with E-state index in [0.29, 0.717) is 17.9 Å². The smallest absolute Gasteiger partial charge is 0.151 e. The number of nitrogens with zero attached hydrogens (tertiary/aromatic N) is 3. The van der Waals surface area contributed by atoms with Gasteiger partial charge in [0.1, 0.15) is 11.8 Å². The average Bonchev–Trinajstić information content (AvgIpc) is 2.94. The summed E-state index contributed by atoms with van der Waals surface area (Å²) >= 11 is 5.93. The zero-order chi connectivity index (χ0) is 16.4. The third-order valence-electron chi connectivity index (χ3n) is 3.61. The average molecular weight is 324 g/mol. The number of nitriles is 1. The molecular weight excluding hydrogens is 310 g/mol. The molecular formula is C18H14ClN3O. The number of aromatic nitrogens is 2. The van der Waals surface area contributed by atoms with Crippen molar-refractivity contribution in [3.05, 3.63) is 58.9 Å². The van der Waals surface area contributed by atoms with E-state index >= 15 is 0 Å². The highest BCUT2D eigenvalue weighted by molar-refractivity contribution is 6.32. The molecule has 114 valence electrons. The summed E-state index contributed by atoms with van der Waals surface area (Å²) in [6.45, 7) is 2.73. The van der Waals surface area contributed by atoms with E-state index in [4.69, 9.17) is 11.6 Å². The van der Waals surface area contributed by atoms with Gasteiger partial charge in [-0.15, -0.1) is 0 Å². The van der Waals surface area contributed by atoms with Crippen molar-refractivity contribution in [2.75, 3.05) is 0 Å². The minimum Gasteiger partial charge on any atom is -0.506 e. The molecule has 2 aromatic carbocycles. The lowest BCUT2D eigenvalue weighted by Gasteiger charge is -2.05. The second-order valence-electron chi connectivity index (χ2n) is 5.05. The number of fused-ring (bicyclic) bond motifs is 1. The van der Waals surface area contributed by atoms with Crippen LogP contribution < -0.4 is 0 Å². The summed E-state index contributed by atoms with van der Waals surface area (Å²) in [4.78, 5) is 4.58. The highest BCUT2D eigenvalue weighted by Crippen LogP contribution is 2.27. The van der Waals surface area contributed by atoms with Crippen LogP contribution >= 0.6 is 11.6 Å². The van der Waals surface area contributed by atoms with Gasteiger partial charge in [0.05, 0.1) is 21.6 Å². The molecule has 0 atom stereocenters. The van der Waals surface area contributed by atoms with Crippen LogP contribution in [0.1, 0.15) is 18.3 Å². The Morgan fingerprint density at radius 3 is 2.83 bits per heavy atom. The van der Waals surface area contributed by atoms with Gasteiger partial charge >= 0.3 is 0 Å². The minimum absolute atomic E-state index is 0.0168. The van der Waals surface area contributed by atoms with E-state index in [1.165, 1.54) is 6.07 Å². The van der Waals surface area contributed by atoms with Crippen molar-refractivity contribution in [3.63, 3.8) is 0 Å². The number of benzene rings is 2. The van der Waals surface area contributed by atoms with Gasteiger partial charge in [-0.3, -0.25) is 0 Å². The molecule has 3 aromatic rings. The minimum atomic E-state index is 0.0168. The first-order chi connectivity index (χ1) is 11.1. The molecule has 3 rings (SSSR count). The van der Waals surface area contributed by atoms with Crippen LogP contribution in [0.3, 0.4) is 0 Å². The van der Waals surface area contributed by atoms with Crippen molar-refractivity contribution in [1.29, 1.82) is 5.26 Å². The summed E-state index contributed by atoms with van der Waals surface area (Å²) in [5, 5.41) is 19.3. The molecule has 1 N–H and O–H groups in total. The number of para-hydroxylation sites is 2. The third-order valence-corrected chi connectivity index (χ3v) is 3.92. The maximum Gasteiger partial charge on any atom is 0.151 e. The summed E-state index contributed by atoms with van der Waals surface area (Å²) in [7, 11) is 0. The van der Waals surface area contributed by atoms with E-state index < -0.39 is 0 Å². The van der Waals surface area contributed by atoms with Crippen LogP contribution in [0.25, 0.3) is 22.7 Å². The van der Waals surface area contributed by atoms with Crippen LogP contribution in [0.5, 0.6) is 5.75 Å². The number of halogens is 1. The monoisotopic (exact) mass is 323 g/mol. The molecule has 0 spiro atoms. The lowest BCUT2D eigenvalue weighted by molar-refractivity contribution is 0.475. The van der Waals surface area contributed by atoms with Crippen molar-refractivity contribution in [2.45, 2.75) is 13.5 Å². The Morgan fingerprint density at radius 2 is 2.13 bits per heavy atom. The summed E-state index contributed by atoms with van der Waals surface area (Å²) < 4.78 is 2.01. The number of hydrogen-bond donors (Lipinski definition) is 1. The number of aryl methyl sites for hydroxylation is 1. The lowest BCUT2D eigenvalue weighted by Crippen LogP contribution is -2.00. The van der Waals surface area contributed by atoms with Gasteiger partial charge in [-0.05, 0) is 42.8 Å². The molecule has 0 aliphatic heterocycles. The summed E-state index contributed by atoms with van der Waals surface area (Å²) in [6.07, 6.45) is 1.72. The second-order valence-corrected chi connectivity index (χ2v) is 5.46. The van der Waals surface area contributed by atoms with Gasteiger partial charge in [-0.1, -0.05) is 29.8 Å². The number of rotatable bonds is 3. The van der Waals surface area contributed by atoms with Gasteiger partial charge in [0.25, 0.3) is 0 Å². The van der Waals surface area contributed by atoms with E-state index in [2.05, 4.69) is 11.1 Å². The van der Waals surface area contributed by atoms with E-state index in [0.717, 1.165) is 16.6 Å². The van der Waals surface area contributed by atoms with Gasteiger partial charge in [-0.2, -0.15) is 5.26 Å². The standard InChI is InChI=1S/C18H14ClN3O/c1-2-22-16-6-4-3-5-15(16)21-18(22)13(11-20)9-12-7-8-17(23)14(19)10-12/h3-10,23H,2H2,1H3/b13-9-. The third kappa shape index (κ3) is 2.79. The molecule has 0 unspecified atom stereocenters. The number of hydrogen-bond acceptors (Lipinski definition) is 3. The molecule has 0 fully saturated rings. The summed E-state index contributed by atoms with van der Waals surface area (Å²) in [5.41, 5.74) is 3.04. The molecule has 0 aliphatic rings. The Kier molecular flexibility index (Phi) is 4.05. The number of aromatic hydroxyl groups is 1. The molecule has 0 radical (unpaired) electrons. The normalized spacial score (nSPS) is 11.6. The Morgan fingerprint density at radius 1 is 1.35 bits per heavy atom. The van der Waals surface area contributed by atoms with Crippen LogP contribution in [0.4, 0.5) is 0 Å². The molecule has 23 heavy (non-hydrogen) atoms. The van der Waals surface area contributed by atoms with Gasteiger partial charge in [0.15, 0.2) is 5.82 Å². The van der Waals surface area contributed by atoms with Crippen LogP contribution in [0, 0.1) is 11.3 Å². The zero-order valence-electron chi connectivity index (χ0n) is 12.5. The number of phenols is 1. The maximum atomic E-state index is 9.56. The molecule has 0 aliphatic carbocycles. The van der Waals surface area contributed by atoms with Gasteiger partial charge in [0, 0.05) is 6.54 Å². The van der Waals surface area contributed by atoms with E-state index in [1.807, 2.05) is 35.8 Å². The molecule has 4 nitrogen and oxygen atoms in total. The molecule has 5 heteroatoms. The number of phenolic OH excluding ortho intramolecular Hbond substituents is 1. The van der Waals surface area contributed by atoms with E-state index in [-0.39, 0.29) is 10.8 Å². The topological polar surface area (TPSA) is 61.8 Å². The predicted molar refractivity (Wildman–Crippen MR) is 92.0 cm³/mol. The summed E-state index contributed by atoms with van der Waals surface area (Å²) in [5.74, 6) is 0.642. The van der Waals surface area contributed by atoms with Gasteiger partial charge in [-0.25, -0.2) is 4.98 Å². The van der Waals surface area contributed by atoms with E-state index in [1.54, 1.807) is 18.2 Å². The Labute approximate surface area is 138 Å². The first kappa shape index (κ1) is 15.1. The maximum absolute atomic E-state index is 9.56. The highest BCUT2D eigenvalue weighted by Gasteiger charge is 2.13. The van der Waals surface area contributed by atoms with Crippen LogP contribution in [-0.4, -0.2) is 14.7 Å². The molecule has 0 saturated carbocycles. The Hall–Kier alpha value is -2.77. The highest BCUT2D eigenvalue weighted by atomic mass is 35.5. The Balaban J connectivity index is 2.16. The summed E-state index contributed by atoms with van der Waals surface area (Å²) in [6, 6.07) is 14.8. The molecule has 1 aromatic heterocycles. The van der Waals surface area contributed by atoms with Crippen molar-refractivity contribution in [1.82, 2.24) is 9.55 Å². The van der Waals surface area contributed by atoms with Gasteiger partial charge < -0.3 is 9.67 Å². The predicted octanol–water partition coefficient (Wildman–Crippen LogP) is 4.48. The zero-order valence-corrected chi connectivity index (χ0v) is 13.2. The molecule has 0 bridgehead atoms. The fourth-order valence-corrected chi connectivity index (χ4v) is 2.72. The van der Waals surface area contributed by atoms with Crippen LogP contribution in [-0.2, 0) is 6.54 Å². The van der Waals surface area contributed by atoms with Crippen molar-refractivity contribution in [3.8, 4) is 11.8 Å². The lowest BCUT2D eigenvalue weighted by atomic mass is 10.1. The van der Waals surface area contributed by atoms with Crippen molar-refractivity contribution >= 4 is 34.3 Å². The first-order valence-electron chi connectivity index (χ1n) is 7.20. The fraction of sp³-hybridized carbons (Fsp3) is 0.111. The molecule has 0 saturated heterocycles. The molecule has 1 heterocycles. The number of imidazole rings is 1. The quantitative estimate of drug-likeness (QED) is 0.723. The Bertz CT molecular complexity index is 951.